The lowest BCUT2D eigenvalue weighted by Crippen LogP contribution is -2.49. The number of rotatable bonds is 5. The highest BCUT2D eigenvalue weighted by atomic mass is 16.3. The number of nitrogens with zero attached hydrogens (tertiary/aromatic N) is 1. The molecular weight excluding hydrogens is 228 g/mol. The zero-order valence-corrected chi connectivity index (χ0v) is 11.0. The van der Waals surface area contributed by atoms with Crippen molar-refractivity contribution in [1.29, 1.82) is 0 Å². The lowest BCUT2D eigenvalue weighted by Gasteiger charge is -2.33. The molecule has 100 valence electrons. The topological polar surface area (TPSA) is 45.5 Å². The van der Waals surface area contributed by atoms with Crippen LogP contribution in [0.25, 0.3) is 0 Å². The lowest BCUT2D eigenvalue weighted by molar-refractivity contribution is -0.127. The Kier molecular flexibility index (Phi) is 4.81. The van der Waals surface area contributed by atoms with Crippen LogP contribution < -0.4 is 5.32 Å². The summed E-state index contributed by atoms with van der Waals surface area (Å²) in [6, 6.07) is 3.88. The van der Waals surface area contributed by atoms with E-state index in [1.807, 2.05) is 12.1 Å². The van der Waals surface area contributed by atoms with E-state index >= 15 is 0 Å². The Morgan fingerprint density at radius 1 is 1.56 bits per heavy atom. The van der Waals surface area contributed by atoms with Crippen molar-refractivity contribution in [2.45, 2.75) is 38.6 Å². The van der Waals surface area contributed by atoms with Crippen molar-refractivity contribution in [3.63, 3.8) is 0 Å². The Morgan fingerprint density at radius 3 is 3.17 bits per heavy atom. The van der Waals surface area contributed by atoms with Gasteiger partial charge in [-0.05, 0) is 38.1 Å². The van der Waals surface area contributed by atoms with Crippen molar-refractivity contribution in [3.05, 3.63) is 24.2 Å². The quantitative estimate of drug-likeness (QED) is 0.867. The molecule has 4 heteroatoms. The van der Waals surface area contributed by atoms with Gasteiger partial charge in [0, 0.05) is 13.0 Å². The van der Waals surface area contributed by atoms with Crippen molar-refractivity contribution < 1.29 is 9.21 Å². The molecule has 1 N–H and O–H groups in total. The summed E-state index contributed by atoms with van der Waals surface area (Å²) in [6.07, 6.45) is 5.78. The van der Waals surface area contributed by atoms with Gasteiger partial charge in [-0.3, -0.25) is 9.69 Å². The molecule has 1 aliphatic rings. The molecule has 1 aromatic rings. The molecule has 0 bridgehead atoms. The van der Waals surface area contributed by atoms with Gasteiger partial charge < -0.3 is 9.73 Å². The van der Waals surface area contributed by atoms with Crippen molar-refractivity contribution in [3.8, 4) is 0 Å². The van der Waals surface area contributed by atoms with Gasteiger partial charge in [0.2, 0.25) is 5.91 Å². The Balaban J connectivity index is 1.76. The SMILES string of the molecule is CCN1CCCCC1C(=O)NCCc1ccco1. The molecule has 0 saturated carbocycles. The van der Waals surface area contributed by atoms with Crippen molar-refractivity contribution >= 4 is 5.91 Å². The van der Waals surface area contributed by atoms with Gasteiger partial charge in [0.1, 0.15) is 5.76 Å². The summed E-state index contributed by atoms with van der Waals surface area (Å²) in [4.78, 5) is 14.4. The lowest BCUT2D eigenvalue weighted by atomic mass is 10.0. The van der Waals surface area contributed by atoms with Gasteiger partial charge in [-0.15, -0.1) is 0 Å². The second kappa shape index (κ2) is 6.59. The van der Waals surface area contributed by atoms with Crippen LogP contribution in [0.1, 0.15) is 31.9 Å². The number of carbonyl (C=O) groups is 1. The molecule has 1 amide bonds. The number of piperidine rings is 1. The average Bonchev–Trinajstić information content (AvgIpc) is 2.91. The molecule has 0 aliphatic carbocycles. The number of hydrogen-bond donors (Lipinski definition) is 1. The molecule has 0 aromatic carbocycles. The smallest absolute Gasteiger partial charge is 0.237 e. The fourth-order valence-electron chi connectivity index (χ4n) is 2.55. The Labute approximate surface area is 108 Å². The number of amides is 1. The molecule has 1 aliphatic heterocycles. The second-order valence-electron chi connectivity index (χ2n) is 4.76. The number of likely N-dealkylation sites (N-methyl/N-ethyl adjacent to an activating group) is 1. The molecular formula is C14H22N2O2. The molecule has 1 atom stereocenters. The minimum Gasteiger partial charge on any atom is -0.469 e. The highest BCUT2D eigenvalue weighted by Crippen LogP contribution is 2.16. The third-order valence-electron chi connectivity index (χ3n) is 3.57. The van der Waals surface area contributed by atoms with Crippen molar-refractivity contribution in [1.82, 2.24) is 10.2 Å². The molecule has 1 fully saturated rings. The van der Waals surface area contributed by atoms with Crippen LogP contribution in [-0.4, -0.2) is 36.5 Å². The largest absolute Gasteiger partial charge is 0.469 e. The van der Waals surface area contributed by atoms with E-state index in [0.717, 1.165) is 38.1 Å². The third-order valence-corrected chi connectivity index (χ3v) is 3.57. The summed E-state index contributed by atoms with van der Waals surface area (Å²) in [6.45, 7) is 4.78. The number of likely N-dealkylation sites (tertiary alicyclic amines) is 1. The summed E-state index contributed by atoms with van der Waals surface area (Å²) in [5.41, 5.74) is 0. The Morgan fingerprint density at radius 2 is 2.44 bits per heavy atom. The molecule has 1 saturated heterocycles. The van der Waals surface area contributed by atoms with Gasteiger partial charge in [0.25, 0.3) is 0 Å². The zero-order valence-electron chi connectivity index (χ0n) is 11.0. The summed E-state index contributed by atoms with van der Waals surface area (Å²) in [5.74, 6) is 1.09. The van der Waals surface area contributed by atoms with Crippen LogP contribution in [0.2, 0.25) is 0 Å². The number of nitrogens with one attached hydrogen (secondary N) is 1. The van der Waals surface area contributed by atoms with Gasteiger partial charge in [0.15, 0.2) is 0 Å². The third kappa shape index (κ3) is 3.35. The van der Waals surface area contributed by atoms with E-state index in [9.17, 15) is 4.79 Å². The van der Waals surface area contributed by atoms with Crippen LogP contribution in [0.5, 0.6) is 0 Å². The first-order chi connectivity index (χ1) is 8.81. The Bertz CT molecular complexity index is 362. The molecule has 4 nitrogen and oxygen atoms in total. The molecule has 0 spiro atoms. The molecule has 2 rings (SSSR count). The molecule has 0 radical (unpaired) electrons. The maximum absolute atomic E-state index is 12.1. The van der Waals surface area contributed by atoms with E-state index in [4.69, 9.17) is 4.42 Å². The number of hydrogen-bond acceptors (Lipinski definition) is 3. The predicted molar refractivity (Wildman–Crippen MR) is 70.3 cm³/mol. The summed E-state index contributed by atoms with van der Waals surface area (Å²) >= 11 is 0. The highest BCUT2D eigenvalue weighted by molar-refractivity contribution is 5.81. The normalized spacial score (nSPS) is 20.8. The van der Waals surface area contributed by atoms with Gasteiger partial charge in [-0.2, -0.15) is 0 Å². The van der Waals surface area contributed by atoms with Crippen LogP contribution in [0.15, 0.2) is 22.8 Å². The van der Waals surface area contributed by atoms with Crippen molar-refractivity contribution in [2.24, 2.45) is 0 Å². The highest BCUT2D eigenvalue weighted by Gasteiger charge is 2.26. The van der Waals surface area contributed by atoms with E-state index in [2.05, 4.69) is 17.1 Å². The van der Waals surface area contributed by atoms with Crippen LogP contribution in [0.4, 0.5) is 0 Å². The monoisotopic (exact) mass is 250 g/mol. The first-order valence-corrected chi connectivity index (χ1v) is 6.85. The maximum atomic E-state index is 12.1. The Hall–Kier alpha value is -1.29. The van der Waals surface area contributed by atoms with E-state index in [1.54, 1.807) is 6.26 Å². The van der Waals surface area contributed by atoms with Crippen LogP contribution >= 0.6 is 0 Å². The van der Waals surface area contributed by atoms with E-state index in [0.29, 0.717) is 6.54 Å². The fourth-order valence-corrected chi connectivity index (χ4v) is 2.55. The predicted octanol–water partition coefficient (Wildman–Crippen LogP) is 1.81. The van der Waals surface area contributed by atoms with E-state index in [1.165, 1.54) is 6.42 Å². The van der Waals surface area contributed by atoms with Crippen LogP contribution in [0.3, 0.4) is 0 Å². The van der Waals surface area contributed by atoms with E-state index < -0.39 is 0 Å². The van der Waals surface area contributed by atoms with Crippen LogP contribution in [0, 0.1) is 0 Å². The fraction of sp³-hybridized carbons (Fsp3) is 0.643. The molecule has 1 aromatic heterocycles. The van der Waals surface area contributed by atoms with Gasteiger partial charge in [0.05, 0.1) is 12.3 Å². The zero-order chi connectivity index (χ0) is 12.8. The second-order valence-corrected chi connectivity index (χ2v) is 4.76. The maximum Gasteiger partial charge on any atom is 0.237 e. The summed E-state index contributed by atoms with van der Waals surface area (Å²) in [7, 11) is 0. The summed E-state index contributed by atoms with van der Waals surface area (Å²) in [5, 5.41) is 3.01. The van der Waals surface area contributed by atoms with Gasteiger partial charge in [-0.1, -0.05) is 13.3 Å². The minimum atomic E-state index is 0.0698. The summed E-state index contributed by atoms with van der Waals surface area (Å²) < 4.78 is 5.24. The number of furan rings is 1. The van der Waals surface area contributed by atoms with Gasteiger partial charge >= 0.3 is 0 Å². The molecule has 1 unspecified atom stereocenters. The van der Waals surface area contributed by atoms with Crippen molar-refractivity contribution in [2.75, 3.05) is 19.6 Å². The average molecular weight is 250 g/mol. The first kappa shape index (κ1) is 13.1. The molecule has 18 heavy (non-hydrogen) atoms. The molecule has 2 heterocycles. The first-order valence-electron chi connectivity index (χ1n) is 6.85. The van der Waals surface area contributed by atoms with Gasteiger partial charge in [-0.25, -0.2) is 0 Å². The standard InChI is InChI=1S/C14H22N2O2/c1-2-16-10-4-3-7-13(16)14(17)15-9-8-12-6-5-11-18-12/h5-6,11,13H,2-4,7-10H2,1H3,(H,15,17). The van der Waals surface area contributed by atoms with E-state index in [-0.39, 0.29) is 11.9 Å². The van der Waals surface area contributed by atoms with Crippen LogP contribution in [-0.2, 0) is 11.2 Å². The number of carbonyl (C=O) groups excluding carboxylic acids is 1. The minimum absolute atomic E-state index is 0.0698.